The van der Waals surface area contributed by atoms with Crippen molar-refractivity contribution in [3.8, 4) is 11.3 Å². The summed E-state index contributed by atoms with van der Waals surface area (Å²) in [5.41, 5.74) is 4.82. The van der Waals surface area contributed by atoms with E-state index in [0.717, 1.165) is 16.5 Å². The number of benzene rings is 1. The molecule has 0 amide bonds. The molecule has 0 atom stereocenters. The Kier molecular flexibility index (Phi) is 3.23. The van der Waals surface area contributed by atoms with Crippen LogP contribution >= 0.6 is 0 Å². The number of hydrogen-bond acceptors (Lipinski definition) is 2. The van der Waals surface area contributed by atoms with E-state index in [-0.39, 0.29) is 0 Å². The molecule has 3 aromatic rings. The van der Waals surface area contributed by atoms with Crippen LogP contribution in [0, 0.1) is 6.92 Å². The van der Waals surface area contributed by atoms with Crippen LogP contribution in [0.4, 0.5) is 0 Å². The summed E-state index contributed by atoms with van der Waals surface area (Å²) in [6.07, 6.45) is 5.61. The van der Waals surface area contributed by atoms with Crippen molar-refractivity contribution < 1.29 is 0 Å². The zero-order valence-corrected chi connectivity index (χ0v) is 12.1. The molecular weight excluding hydrogens is 244 g/mol. The Balaban J connectivity index is 2.15. The zero-order chi connectivity index (χ0) is 14.1. The molecule has 0 aliphatic carbocycles. The molecule has 2 aromatic heterocycles. The Hall–Kier alpha value is -2.22. The molecular formula is C18H18N2. The van der Waals surface area contributed by atoms with E-state index in [2.05, 4.69) is 55.0 Å². The molecule has 0 aliphatic heterocycles. The summed E-state index contributed by atoms with van der Waals surface area (Å²) in [4.78, 5) is 8.77. The van der Waals surface area contributed by atoms with Crippen LogP contribution in [0.15, 0.2) is 48.9 Å². The van der Waals surface area contributed by atoms with Crippen molar-refractivity contribution in [3.05, 3.63) is 60.0 Å². The zero-order valence-electron chi connectivity index (χ0n) is 12.1. The van der Waals surface area contributed by atoms with Crippen LogP contribution in [0.5, 0.6) is 0 Å². The van der Waals surface area contributed by atoms with E-state index in [1.807, 2.05) is 18.5 Å². The lowest BCUT2D eigenvalue weighted by Crippen LogP contribution is -1.92. The van der Waals surface area contributed by atoms with Crippen LogP contribution in [0.3, 0.4) is 0 Å². The van der Waals surface area contributed by atoms with Crippen molar-refractivity contribution >= 4 is 10.8 Å². The van der Waals surface area contributed by atoms with E-state index in [0.29, 0.717) is 5.92 Å². The predicted molar refractivity (Wildman–Crippen MR) is 83.8 cm³/mol. The minimum Gasteiger partial charge on any atom is -0.264 e. The Labute approximate surface area is 119 Å². The number of hydrogen-bond donors (Lipinski definition) is 0. The van der Waals surface area contributed by atoms with E-state index in [9.17, 15) is 0 Å². The van der Waals surface area contributed by atoms with Gasteiger partial charge in [0.1, 0.15) is 0 Å². The van der Waals surface area contributed by atoms with Crippen molar-refractivity contribution in [1.29, 1.82) is 0 Å². The topological polar surface area (TPSA) is 25.8 Å². The lowest BCUT2D eigenvalue weighted by molar-refractivity contribution is 0.865. The van der Waals surface area contributed by atoms with Crippen LogP contribution in [0.25, 0.3) is 22.0 Å². The molecule has 2 heterocycles. The van der Waals surface area contributed by atoms with Crippen LogP contribution in [0.2, 0.25) is 0 Å². The van der Waals surface area contributed by atoms with E-state index >= 15 is 0 Å². The van der Waals surface area contributed by atoms with Gasteiger partial charge in [0.15, 0.2) is 0 Å². The number of nitrogens with zero attached hydrogens (tertiary/aromatic N) is 2. The number of pyridine rings is 2. The Bertz CT molecular complexity index is 760. The van der Waals surface area contributed by atoms with E-state index in [1.54, 1.807) is 6.20 Å². The second-order valence-electron chi connectivity index (χ2n) is 5.58. The van der Waals surface area contributed by atoms with Gasteiger partial charge in [-0.2, -0.15) is 0 Å². The summed E-state index contributed by atoms with van der Waals surface area (Å²) in [5.74, 6) is 0.524. The second-order valence-corrected chi connectivity index (χ2v) is 5.58. The SMILES string of the molecule is Cc1cc(-c2cc3cnccc3cn2)cc(C(C)C)c1. The fourth-order valence-electron chi connectivity index (χ4n) is 2.43. The first-order chi connectivity index (χ1) is 9.63. The van der Waals surface area contributed by atoms with Crippen LogP contribution in [-0.2, 0) is 0 Å². The highest BCUT2D eigenvalue weighted by Gasteiger charge is 2.06. The van der Waals surface area contributed by atoms with Gasteiger partial charge in [-0.25, -0.2) is 0 Å². The van der Waals surface area contributed by atoms with Gasteiger partial charge in [-0.05, 0) is 42.7 Å². The van der Waals surface area contributed by atoms with Crippen LogP contribution in [-0.4, -0.2) is 9.97 Å². The highest BCUT2D eigenvalue weighted by Crippen LogP contribution is 2.26. The van der Waals surface area contributed by atoms with Gasteiger partial charge in [0.25, 0.3) is 0 Å². The summed E-state index contributed by atoms with van der Waals surface area (Å²) in [7, 11) is 0. The van der Waals surface area contributed by atoms with Gasteiger partial charge >= 0.3 is 0 Å². The Morgan fingerprint density at radius 2 is 1.80 bits per heavy atom. The first-order valence-corrected chi connectivity index (χ1v) is 6.95. The first kappa shape index (κ1) is 12.8. The highest BCUT2D eigenvalue weighted by molar-refractivity contribution is 5.84. The second kappa shape index (κ2) is 5.04. The van der Waals surface area contributed by atoms with Crippen LogP contribution in [0.1, 0.15) is 30.9 Å². The third-order valence-electron chi connectivity index (χ3n) is 3.58. The van der Waals surface area contributed by atoms with Gasteiger partial charge in [0, 0.05) is 34.9 Å². The van der Waals surface area contributed by atoms with E-state index in [4.69, 9.17) is 0 Å². The smallest absolute Gasteiger partial charge is 0.0709 e. The molecule has 2 nitrogen and oxygen atoms in total. The van der Waals surface area contributed by atoms with Crippen molar-refractivity contribution in [3.63, 3.8) is 0 Å². The molecule has 0 saturated heterocycles. The molecule has 0 saturated carbocycles. The molecule has 100 valence electrons. The van der Waals surface area contributed by atoms with Gasteiger partial charge in [-0.15, -0.1) is 0 Å². The molecule has 0 bridgehead atoms. The maximum absolute atomic E-state index is 4.59. The number of fused-ring (bicyclic) bond motifs is 1. The van der Waals surface area contributed by atoms with Gasteiger partial charge in [-0.3, -0.25) is 9.97 Å². The lowest BCUT2D eigenvalue weighted by Gasteiger charge is -2.10. The molecule has 20 heavy (non-hydrogen) atoms. The highest BCUT2D eigenvalue weighted by atomic mass is 14.7. The molecule has 0 radical (unpaired) electrons. The quantitative estimate of drug-likeness (QED) is 0.667. The standard InChI is InChI=1S/C18H18N2/c1-12(2)15-6-13(3)7-16(8-15)18-9-17-10-19-5-4-14(17)11-20-18/h4-12H,1-3H3. The summed E-state index contributed by atoms with van der Waals surface area (Å²) < 4.78 is 0. The minimum absolute atomic E-state index is 0.524. The maximum Gasteiger partial charge on any atom is 0.0709 e. The first-order valence-electron chi connectivity index (χ1n) is 6.95. The minimum atomic E-state index is 0.524. The van der Waals surface area contributed by atoms with Crippen molar-refractivity contribution in [2.45, 2.75) is 26.7 Å². The van der Waals surface area contributed by atoms with Crippen molar-refractivity contribution in [2.75, 3.05) is 0 Å². The summed E-state index contributed by atoms with van der Waals surface area (Å²) >= 11 is 0. The molecule has 0 spiro atoms. The van der Waals surface area contributed by atoms with E-state index in [1.165, 1.54) is 16.7 Å². The third-order valence-corrected chi connectivity index (χ3v) is 3.58. The molecule has 2 heteroatoms. The predicted octanol–water partition coefficient (Wildman–Crippen LogP) is 4.73. The number of rotatable bonds is 2. The van der Waals surface area contributed by atoms with Gasteiger partial charge in [0.2, 0.25) is 0 Å². The van der Waals surface area contributed by atoms with Gasteiger partial charge < -0.3 is 0 Å². The van der Waals surface area contributed by atoms with Crippen molar-refractivity contribution in [2.24, 2.45) is 0 Å². The Morgan fingerprint density at radius 3 is 2.60 bits per heavy atom. The number of aromatic nitrogens is 2. The third kappa shape index (κ3) is 2.42. The Morgan fingerprint density at radius 1 is 0.950 bits per heavy atom. The van der Waals surface area contributed by atoms with E-state index < -0.39 is 0 Å². The fourth-order valence-corrected chi connectivity index (χ4v) is 2.43. The maximum atomic E-state index is 4.59. The fraction of sp³-hybridized carbons (Fsp3) is 0.222. The number of aryl methyl sites for hydroxylation is 1. The summed E-state index contributed by atoms with van der Waals surface area (Å²) in [6, 6.07) is 10.8. The molecule has 3 rings (SSSR count). The average molecular weight is 262 g/mol. The van der Waals surface area contributed by atoms with Gasteiger partial charge in [-0.1, -0.05) is 25.5 Å². The molecule has 0 N–H and O–H groups in total. The largest absolute Gasteiger partial charge is 0.264 e. The monoisotopic (exact) mass is 262 g/mol. The molecule has 0 aliphatic rings. The normalized spacial score (nSPS) is 11.2. The molecule has 0 unspecified atom stereocenters. The van der Waals surface area contributed by atoms with Gasteiger partial charge in [0.05, 0.1) is 5.69 Å². The molecule has 1 aromatic carbocycles. The summed E-state index contributed by atoms with van der Waals surface area (Å²) in [5, 5.41) is 2.26. The molecule has 0 fully saturated rings. The van der Waals surface area contributed by atoms with Crippen LogP contribution < -0.4 is 0 Å². The lowest BCUT2D eigenvalue weighted by atomic mass is 9.96. The average Bonchev–Trinajstić information content (AvgIpc) is 2.46. The summed E-state index contributed by atoms with van der Waals surface area (Å²) in [6.45, 7) is 6.57. The van der Waals surface area contributed by atoms with Crippen molar-refractivity contribution in [1.82, 2.24) is 9.97 Å².